The highest BCUT2D eigenvalue weighted by molar-refractivity contribution is 6.07. The minimum absolute atomic E-state index is 0.0506. The van der Waals surface area contributed by atoms with Crippen molar-refractivity contribution < 1.29 is 33.9 Å². The Hall–Kier alpha value is -5.32. The molecular weight excluding hydrogens is 648 g/mol. The van der Waals surface area contributed by atoms with E-state index in [4.69, 9.17) is 0 Å². The molecule has 1 fully saturated rings. The van der Waals surface area contributed by atoms with Gasteiger partial charge in [-0.2, -0.15) is 0 Å². The topological polar surface area (TPSA) is 162 Å². The number of carboxylic acid groups (broad SMARTS) is 1. The third-order valence-electron chi connectivity index (χ3n) is 8.27. The lowest BCUT2D eigenvalue weighted by atomic mass is 10.0. The molecule has 2 aliphatic rings. The molecule has 11 heteroatoms. The summed E-state index contributed by atoms with van der Waals surface area (Å²) in [6.45, 7) is 2.18. The van der Waals surface area contributed by atoms with Crippen LogP contribution in [0.5, 0.6) is 0 Å². The maximum absolute atomic E-state index is 13.3. The Morgan fingerprint density at radius 3 is 2.02 bits per heavy atom. The minimum Gasteiger partial charge on any atom is -0.481 e. The van der Waals surface area contributed by atoms with Crippen molar-refractivity contribution in [3.63, 3.8) is 0 Å². The quantitative estimate of drug-likeness (QED) is 0.0876. The summed E-state index contributed by atoms with van der Waals surface area (Å²) >= 11 is 0. The third kappa shape index (κ3) is 14.2. The van der Waals surface area contributed by atoms with Crippen molar-refractivity contribution in [2.75, 3.05) is 5.32 Å². The first-order valence-corrected chi connectivity index (χ1v) is 17.7. The number of imide groups is 1. The first-order valence-electron chi connectivity index (χ1n) is 17.7. The van der Waals surface area contributed by atoms with Crippen molar-refractivity contribution >= 4 is 41.2 Å². The van der Waals surface area contributed by atoms with Gasteiger partial charge in [0, 0.05) is 42.6 Å². The van der Waals surface area contributed by atoms with Crippen molar-refractivity contribution in [2.24, 2.45) is 0 Å². The van der Waals surface area contributed by atoms with Gasteiger partial charge in [0.1, 0.15) is 12.1 Å². The summed E-state index contributed by atoms with van der Waals surface area (Å²) in [5, 5.41) is 16.9. The Morgan fingerprint density at radius 2 is 1.45 bits per heavy atom. The molecule has 1 aromatic rings. The smallest absolute Gasteiger partial charge is 0.303 e. The van der Waals surface area contributed by atoms with Gasteiger partial charge in [-0.1, -0.05) is 85.9 Å². The van der Waals surface area contributed by atoms with Crippen LogP contribution in [0.3, 0.4) is 0 Å². The van der Waals surface area contributed by atoms with Gasteiger partial charge < -0.3 is 20.6 Å². The van der Waals surface area contributed by atoms with Crippen LogP contribution < -0.4 is 16.0 Å². The predicted octanol–water partition coefficient (Wildman–Crippen LogP) is 6.21. The number of carbonyl (C=O) groups excluding carboxylic acids is 5. The van der Waals surface area contributed by atoms with Crippen LogP contribution in [0.2, 0.25) is 0 Å². The molecule has 51 heavy (non-hydrogen) atoms. The Morgan fingerprint density at radius 1 is 0.863 bits per heavy atom. The number of anilines is 1. The molecule has 0 radical (unpaired) electrons. The van der Waals surface area contributed by atoms with E-state index in [2.05, 4.69) is 83.6 Å². The molecule has 2 atom stereocenters. The molecule has 0 spiro atoms. The van der Waals surface area contributed by atoms with Crippen molar-refractivity contribution in [1.29, 1.82) is 0 Å². The number of rotatable bonds is 21. The first-order chi connectivity index (χ1) is 24.7. The molecule has 5 amide bonds. The number of aliphatic carboxylic acids is 1. The summed E-state index contributed by atoms with van der Waals surface area (Å²) in [6.07, 6.45) is 31.2. The van der Waals surface area contributed by atoms with Gasteiger partial charge in [0.05, 0.1) is 0 Å². The number of benzene rings is 1. The van der Waals surface area contributed by atoms with Gasteiger partial charge in [-0.15, -0.1) is 0 Å². The van der Waals surface area contributed by atoms with E-state index >= 15 is 0 Å². The molecule has 1 aromatic carbocycles. The molecule has 0 bridgehead atoms. The lowest BCUT2D eigenvalue weighted by Gasteiger charge is -2.29. The molecule has 0 saturated carbocycles. The van der Waals surface area contributed by atoms with E-state index in [0.29, 0.717) is 23.2 Å². The normalized spacial score (nSPS) is 17.1. The SMILES string of the molecule is CC/C=C\C/C=C\C/C=C\C/C=C\C/C=C\C/C=C\CCC(=O)NC(CCC(=O)O)C(=O)Nc1cccc2c1CN([C@H]1CCC(=O)NC1=O)C2=O. The average molecular weight is 699 g/mol. The molecule has 4 N–H and O–H groups in total. The molecule has 272 valence electrons. The second-order valence-electron chi connectivity index (χ2n) is 12.2. The Labute approximate surface area is 300 Å². The van der Waals surface area contributed by atoms with E-state index in [1.54, 1.807) is 18.2 Å². The lowest BCUT2D eigenvalue weighted by Crippen LogP contribution is -2.52. The molecule has 11 nitrogen and oxygen atoms in total. The number of carbonyl (C=O) groups is 6. The van der Waals surface area contributed by atoms with Crippen LogP contribution in [-0.2, 0) is 30.5 Å². The number of hydrogen-bond acceptors (Lipinski definition) is 6. The molecule has 3 rings (SSSR count). The van der Waals surface area contributed by atoms with E-state index in [0.717, 1.165) is 38.5 Å². The van der Waals surface area contributed by atoms with Crippen LogP contribution >= 0.6 is 0 Å². The van der Waals surface area contributed by atoms with E-state index in [9.17, 15) is 33.9 Å². The van der Waals surface area contributed by atoms with E-state index in [1.807, 2.05) is 12.2 Å². The van der Waals surface area contributed by atoms with Crippen molar-refractivity contribution in [1.82, 2.24) is 15.5 Å². The number of amides is 5. The Balaban J connectivity index is 1.41. The average Bonchev–Trinajstić information content (AvgIpc) is 3.44. The van der Waals surface area contributed by atoms with Gasteiger partial charge in [-0.3, -0.25) is 34.1 Å². The summed E-state index contributed by atoms with van der Waals surface area (Å²) in [5.41, 5.74) is 1.15. The van der Waals surface area contributed by atoms with Crippen LogP contribution in [0.15, 0.2) is 91.1 Å². The van der Waals surface area contributed by atoms with Crippen molar-refractivity contribution in [3.8, 4) is 0 Å². The molecule has 2 heterocycles. The third-order valence-corrected chi connectivity index (χ3v) is 8.27. The largest absolute Gasteiger partial charge is 0.481 e. The molecule has 2 aliphatic heterocycles. The van der Waals surface area contributed by atoms with Gasteiger partial charge >= 0.3 is 5.97 Å². The second-order valence-corrected chi connectivity index (χ2v) is 12.2. The fraction of sp³-hybridized carbons (Fsp3) is 0.400. The highest BCUT2D eigenvalue weighted by Gasteiger charge is 2.40. The van der Waals surface area contributed by atoms with Gasteiger partial charge in [0.15, 0.2) is 0 Å². The number of allylic oxidation sites excluding steroid dienone is 12. The number of carboxylic acids is 1. The molecule has 1 saturated heterocycles. The zero-order valence-corrected chi connectivity index (χ0v) is 29.4. The highest BCUT2D eigenvalue weighted by Crippen LogP contribution is 2.32. The maximum Gasteiger partial charge on any atom is 0.303 e. The number of nitrogens with zero attached hydrogens (tertiary/aromatic N) is 1. The van der Waals surface area contributed by atoms with Crippen LogP contribution in [0.25, 0.3) is 0 Å². The van der Waals surface area contributed by atoms with Crippen molar-refractivity contribution in [2.45, 2.75) is 103 Å². The van der Waals surface area contributed by atoms with Crippen LogP contribution in [-0.4, -0.2) is 57.6 Å². The number of nitrogens with one attached hydrogen (secondary N) is 3. The van der Waals surface area contributed by atoms with Gasteiger partial charge in [0.2, 0.25) is 23.6 Å². The van der Waals surface area contributed by atoms with Crippen molar-refractivity contribution in [3.05, 3.63) is 102 Å². The standard InChI is InChI=1S/C40H50N4O7/c1-2-3-4-5-6-7-8-9-10-11-12-13-14-15-16-17-18-19-20-24-35(45)41-33(25-28-37(47)48)38(49)42-32-23-21-22-30-31(32)29-44(40(30)51)34-26-27-36(46)43-39(34)50/h3-4,6-7,9-10,12-13,15-16,18-19,21-23,33-34H,2,5,8,11,14,17,20,24-29H2,1H3,(H,41,45)(H,42,49)(H,47,48)(H,43,46,50)/b4-3-,7-6-,10-9-,13-12-,16-15-,19-18-/t33?,34-/m0/s1. The first kappa shape index (κ1) is 40.1. The summed E-state index contributed by atoms with van der Waals surface area (Å²) in [4.78, 5) is 75.8. The second kappa shape index (κ2) is 22.4. The highest BCUT2D eigenvalue weighted by atomic mass is 16.4. The van der Waals surface area contributed by atoms with Crippen LogP contribution in [0, 0.1) is 0 Å². The molecular formula is C40H50N4O7. The predicted molar refractivity (Wildman–Crippen MR) is 197 cm³/mol. The van der Waals surface area contributed by atoms with E-state index < -0.39 is 35.8 Å². The summed E-state index contributed by atoms with van der Waals surface area (Å²) < 4.78 is 0. The number of hydrogen-bond donors (Lipinski definition) is 4. The van der Waals surface area contributed by atoms with Gasteiger partial charge in [0.25, 0.3) is 5.91 Å². The Bertz CT molecular complexity index is 1570. The summed E-state index contributed by atoms with van der Waals surface area (Å²) in [5.74, 6) is -3.43. The Kier molecular flexibility index (Phi) is 17.6. The van der Waals surface area contributed by atoms with E-state index in [-0.39, 0.29) is 50.5 Å². The van der Waals surface area contributed by atoms with Gasteiger partial charge in [-0.25, -0.2) is 0 Å². The zero-order chi connectivity index (χ0) is 36.8. The van der Waals surface area contributed by atoms with Crippen LogP contribution in [0.1, 0.15) is 99.9 Å². The lowest BCUT2D eigenvalue weighted by molar-refractivity contribution is -0.138. The summed E-state index contributed by atoms with van der Waals surface area (Å²) in [6, 6.07) is 2.87. The molecule has 0 aliphatic carbocycles. The monoisotopic (exact) mass is 698 g/mol. The van der Waals surface area contributed by atoms with Crippen LogP contribution in [0.4, 0.5) is 5.69 Å². The van der Waals surface area contributed by atoms with E-state index in [1.165, 1.54) is 4.90 Å². The number of piperidine rings is 1. The summed E-state index contributed by atoms with van der Waals surface area (Å²) in [7, 11) is 0. The minimum atomic E-state index is -1.11. The number of fused-ring (bicyclic) bond motifs is 1. The molecule has 1 unspecified atom stereocenters. The fourth-order valence-electron chi connectivity index (χ4n) is 5.58. The zero-order valence-electron chi connectivity index (χ0n) is 29.4. The van der Waals surface area contributed by atoms with Gasteiger partial charge in [-0.05, 0) is 69.9 Å². The molecule has 0 aromatic heterocycles. The maximum atomic E-state index is 13.3. The fourth-order valence-corrected chi connectivity index (χ4v) is 5.58.